The van der Waals surface area contributed by atoms with Crippen LogP contribution in [0.25, 0.3) is 22.2 Å². The molecule has 0 spiro atoms. The smallest absolute Gasteiger partial charge is 0.292 e. The highest BCUT2D eigenvalue weighted by molar-refractivity contribution is 6.31. The van der Waals surface area contributed by atoms with Crippen LogP contribution in [0.2, 0.25) is 5.02 Å². The average Bonchev–Trinajstić information content (AvgIpc) is 2.48. The van der Waals surface area contributed by atoms with Crippen molar-refractivity contribution < 1.29 is 0 Å². The van der Waals surface area contributed by atoms with Gasteiger partial charge in [0.25, 0.3) is 0 Å². The fraction of sp³-hybridized carbons (Fsp3) is 0.125. The lowest BCUT2D eigenvalue weighted by atomic mass is 10.1. The average molecular weight is 285 g/mol. The van der Waals surface area contributed by atoms with Crippen molar-refractivity contribution in [2.75, 3.05) is 0 Å². The minimum atomic E-state index is -0.235. The van der Waals surface area contributed by atoms with Crippen LogP contribution in [0.4, 0.5) is 0 Å². The minimum absolute atomic E-state index is 0.235. The quantitative estimate of drug-likeness (QED) is 0.718. The van der Waals surface area contributed by atoms with Gasteiger partial charge in [0.05, 0.1) is 11.2 Å². The molecule has 0 radical (unpaired) electrons. The summed E-state index contributed by atoms with van der Waals surface area (Å²) in [6.45, 7) is 2.51. The Morgan fingerprint density at radius 1 is 1.15 bits per heavy atom. The molecule has 0 bridgehead atoms. The first-order valence-corrected chi connectivity index (χ1v) is 6.84. The molecule has 3 nitrogen and oxygen atoms in total. The molecule has 3 aromatic rings. The Labute approximate surface area is 121 Å². The summed E-state index contributed by atoms with van der Waals surface area (Å²) in [5.74, 6) is 0. The summed E-state index contributed by atoms with van der Waals surface area (Å²) in [7, 11) is 0. The molecule has 0 saturated heterocycles. The van der Waals surface area contributed by atoms with Gasteiger partial charge < -0.3 is 0 Å². The molecule has 0 amide bonds. The molecule has 20 heavy (non-hydrogen) atoms. The fourth-order valence-electron chi connectivity index (χ4n) is 2.37. The first-order chi connectivity index (χ1) is 9.70. The summed E-state index contributed by atoms with van der Waals surface area (Å²) < 4.78 is 1.65. The number of benzene rings is 2. The zero-order chi connectivity index (χ0) is 14.1. The Hall–Kier alpha value is -2.13. The monoisotopic (exact) mass is 284 g/mol. The van der Waals surface area contributed by atoms with E-state index in [-0.39, 0.29) is 5.69 Å². The van der Waals surface area contributed by atoms with Crippen molar-refractivity contribution in [3.05, 3.63) is 64.0 Å². The van der Waals surface area contributed by atoms with Gasteiger partial charge in [-0.1, -0.05) is 41.9 Å². The van der Waals surface area contributed by atoms with Gasteiger partial charge in [0.1, 0.15) is 0 Å². The first kappa shape index (κ1) is 12.9. The molecule has 1 heterocycles. The summed E-state index contributed by atoms with van der Waals surface area (Å²) in [6.07, 6.45) is 0. The van der Waals surface area contributed by atoms with Gasteiger partial charge in [0.15, 0.2) is 0 Å². The number of halogens is 1. The third-order valence-electron chi connectivity index (χ3n) is 3.31. The van der Waals surface area contributed by atoms with Crippen molar-refractivity contribution in [3.8, 4) is 11.3 Å². The van der Waals surface area contributed by atoms with E-state index in [1.54, 1.807) is 10.6 Å². The molecule has 1 aromatic heterocycles. The number of aromatic nitrogens is 2. The predicted molar refractivity (Wildman–Crippen MR) is 82.1 cm³/mol. The summed E-state index contributed by atoms with van der Waals surface area (Å²) in [5, 5.41) is 1.53. The second kappa shape index (κ2) is 5.10. The molecule has 4 heteroatoms. The molecule has 2 aromatic carbocycles. The molecule has 0 aliphatic heterocycles. The van der Waals surface area contributed by atoms with E-state index < -0.39 is 0 Å². The van der Waals surface area contributed by atoms with Crippen LogP contribution in [-0.4, -0.2) is 9.55 Å². The zero-order valence-electron chi connectivity index (χ0n) is 11.0. The highest BCUT2D eigenvalue weighted by Gasteiger charge is 2.11. The molecule has 0 unspecified atom stereocenters. The minimum Gasteiger partial charge on any atom is -0.292 e. The molecule has 0 aliphatic rings. The van der Waals surface area contributed by atoms with E-state index in [1.807, 2.05) is 49.4 Å². The maximum absolute atomic E-state index is 12.2. The van der Waals surface area contributed by atoms with Crippen molar-refractivity contribution in [1.82, 2.24) is 9.55 Å². The van der Waals surface area contributed by atoms with Crippen LogP contribution in [0, 0.1) is 0 Å². The van der Waals surface area contributed by atoms with Gasteiger partial charge in [-0.25, -0.2) is 4.79 Å². The van der Waals surface area contributed by atoms with E-state index in [9.17, 15) is 4.79 Å². The summed E-state index contributed by atoms with van der Waals surface area (Å²) in [6, 6.07) is 15.2. The number of aryl methyl sites for hydroxylation is 1. The van der Waals surface area contributed by atoms with Crippen molar-refractivity contribution in [2.45, 2.75) is 13.5 Å². The maximum atomic E-state index is 12.2. The first-order valence-electron chi connectivity index (χ1n) is 6.46. The lowest BCUT2D eigenvalue weighted by molar-refractivity contribution is 0.733. The van der Waals surface area contributed by atoms with E-state index in [1.165, 1.54) is 0 Å². The highest BCUT2D eigenvalue weighted by atomic mass is 35.5. The Bertz CT molecular complexity index is 825. The Balaban J connectivity index is 2.44. The van der Waals surface area contributed by atoms with Gasteiger partial charge in [-0.15, -0.1) is 0 Å². The van der Waals surface area contributed by atoms with Crippen LogP contribution in [0.5, 0.6) is 0 Å². The fourth-order valence-corrected chi connectivity index (χ4v) is 2.55. The van der Waals surface area contributed by atoms with Gasteiger partial charge in [0, 0.05) is 22.5 Å². The van der Waals surface area contributed by atoms with Crippen LogP contribution in [-0.2, 0) is 6.54 Å². The number of rotatable bonds is 2. The Kier molecular flexibility index (Phi) is 3.28. The van der Waals surface area contributed by atoms with E-state index in [0.29, 0.717) is 17.3 Å². The lowest BCUT2D eigenvalue weighted by Crippen LogP contribution is -2.23. The number of hydrogen-bond donors (Lipinski definition) is 0. The maximum Gasteiger partial charge on any atom is 0.348 e. The van der Waals surface area contributed by atoms with Crippen LogP contribution in [0.1, 0.15) is 6.92 Å². The molecule has 0 fully saturated rings. The predicted octanol–water partition coefficient (Wildman–Crippen LogP) is 3.74. The van der Waals surface area contributed by atoms with Crippen LogP contribution in [0.3, 0.4) is 0 Å². The number of nitrogens with zero attached hydrogens (tertiary/aromatic N) is 2. The molecule has 0 N–H and O–H groups in total. The Morgan fingerprint density at radius 2 is 1.90 bits per heavy atom. The third kappa shape index (κ3) is 2.10. The van der Waals surface area contributed by atoms with E-state index in [4.69, 9.17) is 11.6 Å². The molecule has 0 atom stereocenters. The van der Waals surface area contributed by atoms with E-state index >= 15 is 0 Å². The van der Waals surface area contributed by atoms with Crippen molar-refractivity contribution in [3.63, 3.8) is 0 Å². The van der Waals surface area contributed by atoms with Crippen LogP contribution >= 0.6 is 11.6 Å². The van der Waals surface area contributed by atoms with Crippen molar-refractivity contribution in [2.24, 2.45) is 0 Å². The summed E-state index contributed by atoms with van der Waals surface area (Å²) >= 11 is 6.10. The van der Waals surface area contributed by atoms with Crippen molar-refractivity contribution in [1.29, 1.82) is 0 Å². The second-order valence-electron chi connectivity index (χ2n) is 4.51. The highest BCUT2D eigenvalue weighted by Crippen LogP contribution is 2.27. The lowest BCUT2D eigenvalue weighted by Gasteiger charge is -2.11. The van der Waals surface area contributed by atoms with E-state index in [2.05, 4.69) is 4.98 Å². The molecule has 3 rings (SSSR count). The molecule has 0 saturated carbocycles. The summed E-state index contributed by atoms with van der Waals surface area (Å²) in [4.78, 5) is 16.4. The van der Waals surface area contributed by atoms with Crippen molar-refractivity contribution >= 4 is 22.5 Å². The second-order valence-corrected chi connectivity index (χ2v) is 4.95. The number of fused-ring (bicyclic) bond motifs is 1. The topological polar surface area (TPSA) is 34.9 Å². The standard InChI is InChI=1S/C16H13ClN2O/c1-2-19-14-9-8-12(17)10-13(14)15(18-16(19)20)11-6-4-3-5-7-11/h3-10H,2H2,1H3. The molecule has 0 aliphatic carbocycles. The summed E-state index contributed by atoms with van der Waals surface area (Å²) in [5.41, 5.74) is 2.22. The van der Waals surface area contributed by atoms with Gasteiger partial charge in [-0.2, -0.15) is 4.98 Å². The molecular formula is C16H13ClN2O. The Morgan fingerprint density at radius 3 is 2.60 bits per heavy atom. The molecular weight excluding hydrogens is 272 g/mol. The largest absolute Gasteiger partial charge is 0.348 e. The van der Waals surface area contributed by atoms with Crippen LogP contribution in [0.15, 0.2) is 53.3 Å². The number of hydrogen-bond acceptors (Lipinski definition) is 2. The third-order valence-corrected chi connectivity index (χ3v) is 3.54. The van der Waals surface area contributed by atoms with Crippen LogP contribution < -0.4 is 5.69 Å². The molecule has 100 valence electrons. The normalized spacial score (nSPS) is 10.9. The zero-order valence-corrected chi connectivity index (χ0v) is 11.8. The van der Waals surface area contributed by atoms with Gasteiger partial charge in [-0.05, 0) is 25.1 Å². The van der Waals surface area contributed by atoms with Gasteiger partial charge in [0.2, 0.25) is 0 Å². The van der Waals surface area contributed by atoms with E-state index in [0.717, 1.165) is 16.5 Å². The SMILES string of the molecule is CCn1c(=O)nc(-c2ccccc2)c2cc(Cl)ccc21. The van der Waals surface area contributed by atoms with Gasteiger partial charge in [-0.3, -0.25) is 4.57 Å². The van der Waals surface area contributed by atoms with Gasteiger partial charge >= 0.3 is 5.69 Å².